The summed E-state index contributed by atoms with van der Waals surface area (Å²) >= 11 is 0. The lowest BCUT2D eigenvalue weighted by Gasteiger charge is -2.09. The minimum atomic E-state index is -0.182. The van der Waals surface area contributed by atoms with Crippen LogP contribution < -0.4 is 10.6 Å². The van der Waals surface area contributed by atoms with E-state index in [4.69, 9.17) is 0 Å². The third-order valence-electron chi connectivity index (χ3n) is 3.92. The van der Waals surface area contributed by atoms with Gasteiger partial charge in [0.15, 0.2) is 0 Å². The Labute approximate surface area is 126 Å². The predicted molar refractivity (Wildman–Crippen MR) is 84.0 cm³/mol. The van der Waals surface area contributed by atoms with Crippen LogP contribution in [0.25, 0.3) is 0 Å². The van der Waals surface area contributed by atoms with Crippen molar-refractivity contribution in [3.8, 4) is 0 Å². The minimum Gasteiger partial charge on any atom is -0.356 e. The van der Waals surface area contributed by atoms with Gasteiger partial charge in [-0.2, -0.15) is 0 Å². The first-order valence-electron chi connectivity index (χ1n) is 7.54. The van der Waals surface area contributed by atoms with Crippen LogP contribution in [0.5, 0.6) is 0 Å². The van der Waals surface area contributed by atoms with Gasteiger partial charge in [0.05, 0.1) is 11.8 Å². The standard InChI is InChI=1S/C17H24N2O2/c1-10(2)9-18-16(20)14-8-15(14)17(21)19-13-6-5-11(3)12(4)7-13/h5-7,10,14-15H,8-9H2,1-4H3,(H,18,20)(H,19,21). The summed E-state index contributed by atoms with van der Waals surface area (Å²) in [7, 11) is 0. The summed E-state index contributed by atoms with van der Waals surface area (Å²) in [6.07, 6.45) is 0.653. The van der Waals surface area contributed by atoms with E-state index in [2.05, 4.69) is 24.5 Å². The van der Waals surface area contributed by atoms with Gasteiger partial charge in [-0.25, -0.2) is 0 Å². The molecule has 2 N–H and O–H groups in total. The lowest BCUT2D eigenvalue weighted by molar-refractivity contribution is -0.125. The minimum absolute atomic E-state index is 0.00365. The average molecular weight is 288 g/mol. The van der Waals surface area contributed by atoms with E-state index in [0.29, 0.717) is 18.9 Å². The van der Waals surface area contributed by atoms with Crippen LogP contribution in [0.4, 0.5) is 5.69 Å². The Morgan fingerprint density at radius 2 is 1.81 bits per heavy atom. The molecule has 4 nitrogen and oxygen atoms in total. The van der Waals surface area contributed by atoms with Gasteiger partial charge >= 0.3 is 0 Å². The molecule has 0 saturated heterocycles. The lowest BCUT2D eigenvalue weighted by Crippen LogP contribution is -2.30. The highest BCUT2D eigenvalue weighted by atomic mass is 16.2. The molecule has 2 atom stereocenters. The van der Waals surface area contributed by atoms with Gasteiger partial charge in [0, 0.05) is 12.2 Å². The molecule has 1 aliphatic rings. The number of hydrogen-bond acceptors (Lipinski definition) is 2. The predicted octanol–water partition coefficient (Wildman–Crippen LogP) is 2.65. The van der Waals surface area contributed by atoms with Gasteiger partial charge in [-0.1, -0.05) is 19.9 Å². The monoisotopic (exact) mass is 288 g/mol. The molecule has 2 rings (SSSR count). The van der Waals surface area contributed by atoms with Gasteiger partial charge in [0.2, 0.25) is 11.8 Å². The molecule has 1 fully saturated rings. The number of anilines is 1. The summed E-state index contributed by atoms with van der Waals surface area (Å²) in [5.74, 6) is 0.0384. The van der Waals surface area contributed by atoms with E-state index < -0.39 is 0 Å². The molecule has 114 valence electrons. The SMILES string of the molecule is Cc1ccc(NC(=O)C2CC2C(=O)NCC(C)C)cc1C. The van der Waals surface area contributed by atoms with E-state index in [1.54, 1.807) is 0 Å². The molecule has 1 aromatic rings. The molecule has 2 unspecified atom stereocenters. The Bertz CT molecular complexity index is 552. The maximum absolute atomic E-state index is 12.1. The number of rotatable bonds is 5. The van der Waals surface area contributed by atoms with Crippen molar-refractivity contribution >= 4 is 17.5 Å². The van der Waals surface area contributed by atoms with Gasteiger partial charge in [-0.3, -0.25) is 9.59 Å². The van der Waals surface area contributed by atoms with Crippen molar-refractivity contribution in [1.82, 2.24) is 5.32 Å². The van der Waals surface area contributed by atoms with Crippen molar-refractivity contribution in [2.24, 2.45) is 17.8 Å². The number of carbonyl (C=O) groups excluding carboxylic acids is 2. The summed E-state index contributed by atoms with van der Waals surface area (Å²) < 4.78 is 0. The molecule has 1 aliphatic carbocycles. The van der Waals surface area contributed by atoms with Crippen molar-refractivity contribution in [3.63, 3.8) is 0 Å². The van der Waals surface area contributed by atoms with E-state index >= 15 is 0 Å². The lowest BCUT2D eigenvalue weighted by atomic mass is 10.1. The Morgan fingerprint density at radius 1 is 1.14 bits per heavy atom. The van der Waals surface area contributed by atoms with Crippen LogP contribution in [0.15, 0.2) is 18.2 Å². The Kier molecular flexibility index (Phi) is 4.66. The number of aryl methyl sites for hydroxylation is 2. The van der Waals surface area contributed by atoms with Crippen molar-refractivity contribution < 1.29 is 9.59 Å². The fourth-order valence-corrected chi connectivity index (χ4v) is 2.26. The molecular weight excluding hydrogens is 264 g/mol. The molecule has 0 spiro atoms. The number of benzene rings is 1. The molecule has 21 heavy (non-hydrogen) atoms. The maximum Gasteiger partial charge on any atom is 0.228 e. The van der Waals surface area contributed by atoms with Crippen LogP contribution in [0, 0.1) is 31.6 Å². The molecule has 0 aliphatic heterocycles. The number of carbonyl (C=O) groups is 2. The van der Waals surface area contributed by atoms with Crippen LogP contribution in [0.3, 0.4) is 0 Å². The van der Waals surface area contributed by atoms with Crippen molar-refractivity contribution in [2.75, 3.05) is 11.9 Å². The van der Waals surface area contributed by atoms with Gasteiger partial charge in [-0.15, -0.1) is 0 Å². The van der Waals surface area contributed by atoms with E-state index in [0.717, 1.165) is 11.3 Å². The molecule has 2 amide bonds. The van der Waals surface area contributed by atoms with Gasteiger partial charge in [-0.05, 0) is 49.4 Å². The third kappa shape index (κ3) is 4.06. The van der Waals surface area contributed by atoms with E-state index in [1.807, 2.05) is 32.0 Å². The Balaban J connectivity index is 1.85. The normalized spacial score (nSPS) is 20.2. The zero-order valence-electron chi connectivity index (χ0n) is 13.2. The fraction of sp³-hybridized carbons (Fsp3) is 0.529. The average Bonchev–Trinajstić information content (AvgIpc) is 3.20. The molecular formula is C17H24N2O2. The topological polar surface area (TPSA) is 58.2 Å². The van der Waals surface area contributed by atoms with E-state index in [-0.39, 0.29) is 23.7 Å². The highest BCUT2D eigenvalue weighted by molar-refractivity contribution is 5.99. The zero-order chi connectivity index (χ0) is 15.6. The first-order valence-corrected chi connectivity index (χ1v) is 7.54. The summed E-state index contributed by atoms with van der Waals surface area (Å²) in [4.78, 5) is 24.0. The van der Waals surface area contributed by atoms with E-state index in [1.165, 1.54) is 5.56 Å². The number of hydrogen-bond donors (Lipinski definition) is 2. The van der Waals surface area contributed by atoms with Gasteiger partial charge in [0.1, 0.15) is 0 Å². The molecule has 0 heterocycles. The highest BCUT2D eigenvalue weighted by Gasteiger charge is 2.47. The van der Waals surface area contributed by atoms with E-state index in [9.17, 15) is 9.59 Å². The Hall–Kier alpha value is -1.84. The second-order valence-electron chi connectivity index (χ2n) is 6.38. The molecule has 1 aromatic carbocycles. The van der Waals surface area contributed by atoms with Crippen molar-refractivity contribution in [3.05, 3.63) is 29.3 Å². The highest BCUT2D eigenvalue weighted by Crippen LogP contribution is 2.39. The second kappa shape index (κ2) is 6.29. The summed E-state index contributed by atoms with van der Waals surface area (Å²) in [6, 6.07) is 5.85. The van der Waals surface area contributed by atoms with Crippen LogP contribution >= 0.6 is 0 Å². The largest absolute Gasteiger partial charge is 0.356 e. The molecule has 4 heteroatoms. The number of nitrogens with one attached hydrogen (secondary N) is 2. The van der Waals surface area contributed by atoms with Crippen molar-refractivity contribution in [1.29, 1.82) is 0 Å². The molecule has 0 aromatic heterocycles. The van der Waals surface area contributed by atoms with Crippen molar-refractivity contribution in [2.45, 2.75) is 34.1 Å². The zero-order valence-corrected chi connectivity index (χ0v) is 13.2. The maximum atomic E-state index is 12.1. The number of amides is 2. The Morgan fingerprint density at radius 3 is 2.43 bits per heavy atom. The summed E-state index contributed by atoms with van der Waals surface area (Å²) in [5.41, 5.74) is 3.15. The first kappa shape index (κ1) is 15.5. The molecule has 0 radical (unpaired) electrons. The smallest absolute Gasteiger partial charge is 0.228 e. The fourth-order valence-electron chi connectivity index (χ4n) is 2.26. The molecule has 0 bridgehead atoms. The van der Waals surface area contributed by atoms with Crippen LogP contribution in [-0.4, -0.2) is 18.4 Å². The second-order valence-corrected chi connectivity index (χ2v) is 6.38. The molecule has 1 saturated carbocycles. The summed E-state index contributed by atoms with van der Waals surface area (Å²) in [6.45, 7) is 8.83. The first-order chi connectivity index (χ1) is 9.88. The van der Waals surface area contributed by atoms with Crippen LogP contribution in [0.2, 0.25) is 0 Å². The van der Waals surface area contributed by atoms with Crippen LogP contribution in [-0.2, 0) is 9.59 Å². The summed E-state index contributed by atoms with van der Waals surface area (Å²) in [5, 5.41) is 5.79. The quantitative estimate of drug-likeness (QED) is 0.875. The van der Waals surface area contributed by atoms with Crippen LogP contribution in [0.1, 0.15) is 31.4 Å². The van der Waals surface area contributed by atoms with Gasteiger partial charge in [0.25, 0.3) is 0 Å². The third-order valence-corrected chi connectivity index (χ3v) is 3.92. The van der Waals surface area contributed by atoms with Gasteiger partial charge < -0.3 is 10.6 Å².